The number of hydrogen-bond donors (Lipinski definition) is 1. The number of fused-ring (bicyclic) bond motifs is 1. The van der Waals surface area contributed by atoms with Gasteiger partial charge in [0.2, 0.25) is 6.41 Å². The maximum atomic E-state index is 10.8. The van der Waals surface area contributed by atoms with Gasteiger partial charge < -0.3 is 10.0 Å². The fourth-order valence-electron chi connectivity index (χ4n) is 3.27. The molecular formula is C15H20N2O2. The molecule has 1 aromatic rings. The van der Waals surface area contributed by atoms with Crippen LogP contribution in [0.3, 0.4) is 0 Å². The predicted octanol–water partition coefficient (Wildman–Crippen LogP) is 0.636. The van der Waals surface area contributed by atoms with Gasteiger partial charge in [0.15, 0.2) is 0 Å². The molecule has 0 spiro atoms. The molecule has 0 aliphatic carbocycles. The van der Waals surface area contributed by atoms with E-state index in [1.54, 1.807) is 4.90 Å². The molecule has 0 radical (unpaired) electrons. The molecule has 4 nitrogen and oxygen atoms in total. The van der Waals surface area contributed by atoms with E-state index in [0.717, 1.165) is 38.9 Å². The maximum Gasteiger partial charge on any atom is 0.209 e. The lowest BCUT2D eigenvalue weighted by molar-refractivity contribution is -0.123. The SMILES string of the molecule is O=CN1CC[C@@H](N2CCc3ccccc3C2)[C@H](O)C1. The van der Waals surface area contributed by atoms with Crippen molar-refractivity contribution in [1.82, 2.24) is 9.80 Å². The van der Waals surface area contributed by atoms with Crippen LogP contribution in [0.4, 0.5) is 0 Å². The van der Waals surface area contributed by atoms with Crippen LogP contribution in [0.15, 0.2) is 24.3 Å². The number of carbonyl (C=O) groups is 1. The molecule has 0 saturated carbocycles. The summed E-state index contributed by atoms with van der Waals surface area (Å²) < 4.78 is 0. The topological polar surface area (TPSA) is 43.8 Å². The Morgan fingerprint density at radius 3 is 2.74 bits per heavy atom. The number of β-amino-alcohol motifs (C(OH)–C–C–N with tert-alkyl or cyclic N) is 1. The van der Waals surface area contributed by atoms with Crippen molar-refractivity contribution in [2.45, 2.75) is 31.5 Å². The number of nitrogens with zero attached hydrogens (tertiary/aromatic N) is 2. The average Bonchev–Trinajstić information content (AvgIpc) is 2.46. The summed E-state index contributed by atoms with van der Waals surface area (Å²) in [5.74, 6) is 0. The van der Waals surface area contributed by atoms with Crippen LogP contribution in [0.2, 0.25) is 0 Å². The number of likely N-dealkylation sites (tertiary alicyclic amines) is 1. The number of amides is 1. The van der Waals surface area contributed by atoms with Crippen LogP contribution in [-0.4, -0.2) is 53.1 Å². The van der Waals surface area contributed by atoms with Gasteiger partial charge in [-0.15, -0.1) is 0 Å². The molecular weight excluding hydrogens is 240 g/mol. The van der Waals surface area contributed by atoms with Crippen molar-refractivity contribution in [2.75, 3.05) is 19.6 Å². The third-order valence-electron chi connectivity index (χ3n) is 4.36. The van der Waals surface area contributed by atoms with Crippen LogP contribution < -0.4 is 0 Å². The summed E-state index contributed by atoms with van der Waals surface area (Å²) in [6.45, 7) is 3.13. The lowest BCUT2D eigenvalue weighted by Gasteiger charge is -2.42. The van der Waals surface area contributed by atoms with Crippen molar-refractivity contribution in [3.05, 3.63) is 35.4 Å². The van der Waals surface area contributed by atoms with Gasteiger partial charge in [-0.2, -0.15) is 0 Å². The molecule has 2 aliphatic rings. The van der Waals surface area contributed by atoms with E-state index in [2.05, 4.69) is 29.2 Å². The highest BCUT2D eigenvalue weighted by molar-refractivity contribution is 5.47. The van der Waals surface area contributed by atoms with E-state index in [9.17, 15) is 9.90 Å². The minimum Gasteiger partial charge on any atom is -0.390 e. The number of rotatable bonds is 2. The van der Waals surface area contributed by atoms with Crippen molar-refractivity contribution in [1.29, 1.82) is 0 Å². The number of carbonyl (C=O) groups excluding carboxylic acids is 1. The van der Waals surface area contributed by atoms with Crippen molar-refractivity contribution in [3.63, 3.8) is 0 Å². The molecule has 102 valence electrons. The number of aliphatic hydroxyl groups is 1. The Hall–Kier alpha value is -1.39. The Morgan fingerprint density at radius 1 is 1.21 bits per heavy atom. The van der Waals surface area contributed by atoms with Gasteiger partial charge in [-0.1, -0.05) is 24.3 Å². The summed E-state index contributed by atoms with van der Waals surface area (Å²) >= 11 is 0. The fourth-order valence-corrected chi connectivity index (χ4v) is 3.27. The molecule has 1 saturated heterocycles. The summed E-state index contributed by atoms with van der Waals surface area (Å²) in [4.78, 5) is 14.8. The van der Waals surface area contributed by atoms with E-state index in [-0.39, 0.29) is 6.04 Å². The van der Waals surface area contributed by atoms with Crippen LogP contribution in [-0.2, 0) is 17.8 Å². The first-order valence-corrected chi connectivity index (χ1v) is 6.96. The zero-order valence-corrected chi connectivity index (χ0v) is 11.0. The predicted molar refractivity (Wildman–Crippen MR) is 72.6 cm³/mol. The fraction of sp³-hybridized carbons (Fsp3) is 0.533. The third kappa shape index (κ3) is 2.51. The molecule has 19 heavy (non-hydrogen) atoms. The summed E-state index contributed by atoms with van der Waals surface area (Å²) in [5.41, 5.74) is 2.80. The van der Waals surface area contributed by atoms with E-state index < -0.39 is 6.10 Å². The zero-order chi connectivity index (χ0) is 13.2. The third-order valence-corrected chi connectivity index (χ3v) is 4.36. The molecule has 2 aliphatic heterocycles. The Kier molecular flexibility index (Phi) is 3.53. The highest BCUT2D eigenvalue weighted by atomic mass is 16.3. The largest absolute Gasteiger partial charge is 0.390 e. The smallest absolute Gasteiger partial charge is 0.209 e. The van der Waals surface area contributed by atoms with Crippen LogP contribution >= 0.6 is 0 Å². The first kappa shape index (κ1) is 12.6. The van der Waals surface area contributed by atoms with Crippen molar-refractivity contribution < 1.29 is 9.90 Å². The molecule has 1 aromatic carbocycles. The minimum absolute atomic E-state index is 0.185. The van der Waals surface area contributed by atoms with E-state index in [1.807, 2.05) is 0 Å². The Bertz CT molecular complexity index is 463. The molecule has 1 amide bonds. The summed E-state index contributed by atoms with van der Waals surface area (Å²) in [5, 5.41) is 10.2. The van der Waals surface area contributed by atoms with Gasteiger partial charge in [0.25, 0.3) is 0 Å². The second-order valence-electron chi connectivity index (χ2n) is 5.51. The van der Waals surface area contributed by atoms with Crippen LogP contribution in [0, 0.1) is 0 Å². The van der Waals surface area contributed by atoms with Crippen molar-refractivity contribution in [2.24, 2.45) is 0 Å². The lowest BCUT2D eigenvalue weighted by Crippen LogP contribution is -2.54. The molecule has 0 bridgehead atoms. The zero-order valence-electron chi connectivity index (χ0n) is 11.0. The van der Waals surface area contributed by atoms with Gasteiger partial charge in [-0.3, -0.25) is 9.69 Å². The molecule has 1 N–H and O–H groups in total. The highest BCUT2D eigenvalue weighted by Gasteiger charge is 2.33. The van der Waals surface area contributed by atoms with Gasteiger partial charge in [0.05, 0.1) is 6.10 Å². The van der Waals surface area contributed by atoms with Crippen LogP contribution in [0.5, 0.6) is 0 Å². The van der Waals surface area contributed by atoms with Gasteiger partial charge >= 0.3 is 0 Å². The van der Waals surface area contributed by atoms with Crippen molar-refractivity contribution in [3.8, 4) is 0 Å². The maximum absolute atomic E-state index is 10.8. The molecule has 0 unspecified atom stereocenters. The molecule has 2 atom stereocenters. The number of aliphatic hydroxyl groups excluding tert-OH is 1. The first-order valence-electron chi connectivity index (χ1n) is 6.96. The molecule has 4 heteroatoms. The summed E-state index contributed by atoms with van der Waals surface area (Å²) in [6.07, 6.45) is 2.33. The summed E-state index contributed by atoms with van der Waals surface area (Å²) in [7, 11) is 0. The van der Waals surface area contributed by atoms with Gasteiger partial charge in [0, 0.05) is 32.2 Å². The van der Waals surface area contributed by atoms with Crippen LogP contribution in [0.1, 0.15) is 17.5 Å². The lowest BCUT2D eigenvalue weighted by atomic mass is 9.94. The second-order valence-corrected chi connectivity index (χ2v) is 5.51. The first-order chi connectivity index (χ1) is 9.28. The van der Waals surface area contributed by atoms with E-state index in [0.29, 0.717) is 6.54 Å². The number of piperidine rings is 1. The normalized spacial score (nSPS) is 27.9. The molecule has 2 heterocycles. The van der Waals surface area contributed by atoms with E-state index in [4.69, 9.17) is 0 Å². The van der Waals surface area contributed by atoms with E-state index >= 15 is 0 Å². The quantitative estimate of drug-likeness (QED) is 0.794. The Balaban J connectivity index is 1.70. The van der Waals surface area contributed by atoms with E-state index in [1.165, 1.54) is 11.1 Å². The Morgan fingerprint density at radius 2 is 2.00 bits per heavy atom. The molecule has 3 rings (SSSR count). The van der Waals surface area contributed by atoms with Gasteiger partial charge in [0.1, 0.15) is 0 Å². The second kappa shape index (κ2) is 5.31. The molecule has 1 fully saturated rings. The van der Waals surface area contributed by atoms with Gasteiger partial charge in [-0.25, -0.2) is 0 Å². The minimum atomic E-state index is -0.427. The summed E-state index contributed by atoms with van der Waals surface area (Å²) in [6, 6.07) is 8.72. The highest BCUT2D eigenvalue weighted by Crippen LogP contribution is 2.24. The van der Waals surface area contributed by atoms with Gasteiger partial charge in [-0.05, 0) is 24.0 Å². The standard InChI is InChI=1S/C15H20N2O2/c18-11-16-7-6-14(15(19)10-16)17-8-5-12-3-1-2-4-13(12)9-17/h1-4,11,14-15,19H,5-10H2/t14-,15-/m1/s1. The monoisotopic (exact) mass is 260 g/mol. The Labute approximate surface area is 113 Å². The molecule has 0 aromatic heterocycles. The number of hydrogen-bond acceptors (Lipinski definition) is 3. The average molecular weight is 260 g/mol. The van der Waals surface area contributed by atoms with Crippen molar-refractivity contribution >= 4 is 6.41 Å². The van der Waals surface area contributed by atoms with Crippen LogP contribution in [0.25, 0.3) is 0 Å². The number of benzene rings is 1.